The molecule has 2 nitrogen and oxygen atoms in total. The van der Waals surface area contributed by atoms with Gasteiger partial charge in [-0.25, -0.2) is 0 Å². The number of cyclic esters (lactones) is 1. The topological polar surface area (TPSA) is 26.3 Å². The smallest absolute Gasteiger partial charge is 0.309 e. The summed E-state index contributed by atoms with van der Waals surface area (Å²) in [5.41, 5.74) is 0.213. The fourth-order valence-corrected chi connectivity index (χ4v) is 2.96. The molecule has 0 bridgehead atoms. The molecule has 82 valence electrons. The summed E-state index contributed by atoms with van der Waals surface area (Å²) >= 11 is 2.38. The second-order valence-corrected chi connectivity index (χ2v) is 6.12. The number of hydrogen-bond donors (Lipinski definition) is 0. The highest BCUT2D eigenvalue weighted by molar-refractivity contribution is 14.1. The first kappa shape index (κ1) is 12.3. The molecule has 1 heterocycles. The van der Waals surface area contributed by atoms with Crippen molar-refractivity contribution < 1.29 is 9.53 Å². The van der Waals surface area contributed by atoms with E-state index in [2.05, 4.69) is 43.4 Å². The average Bonchev–Trinajstić information content (AvgIpc) is 2.06. The van der Waals surface area contributed by atoms with Gasteiger partial charge in [-0.15, -0.1) is 0 Å². The fraction of sp³-hybridized carbons (Fsp3) is 0.909. The van der Waals surface area contributed by atoms with Crippen LogP contribution < -0.4 is 0 Å². The number of carbonyl (C=O) groups excluding carboxylic acids is 1. The van der Waals surface area contributed by atoms with Crippen molar-refractivity contribution in [3.63, 3.8) is 0 Å². The minimum atomic E-state index is 0.0211. The first-order chi connectivity index (χ1) is 6.44. The molecule has 0 unspecified atom stereocenters. The first-order valence-corrected chi connectivity index (χ1v) is 6.69. The molecule has 0 amide bonds. The SMILES string of the molecule is CC(C)(C)C[C@@H]1C(=O)OCC[C@@H]1CI. The molecule has 0 aromatic heterocycles. The van der Waals surface area contributed by atoms with Crippen LogP contribution in [0.2, 0.25) is 0 Å². The van der Waals surface area contributed by atoms with Gasteiger partial charge in [-0.2, -0.15) is 0 Å². The van der Waals surface area contributed by atoms with Crippen molar-refractivity contribution in [1.29, 1.82) is 0 Å². The number of rotatable bonds is 2. The van der Waals surface area contributed by atoms with Gasteiger partial charge in [0.1, 0.15) is 0 Å². The maximum atomic E-state index is 11.6. The minimum Gasteiger partial charge on any atom is -0.465 e. The molecule has 0 aromatic rings. The lowest BCUT2D eigenvalue weighted by Gasteiger charge is -2.33. The first-order valence-electron chi connectivity index (χ1n) is 5.16. The third-order valence-electron chi connectivity index (χ3n) is 2.64. The monoisotopic (exact) mass is 310 g/mol. The average molecular weight is 310 g/mol. The number of esters is 1. The summed E-state index contributed by atoms with van der Waals surface area (Å²) in [5.74, 6) is 0.671. The number of hydrogen-bond acceptors (Lipinski definition) is 2. The van der Waals surface area contributed by atoms with Crippen molar-refractivity contribution >= 4 is 28.6 Å². The fourth-order valence-electron chi connectivity index (χ4n) is 1.91. The van der Waals surface area contributed by atoms with E-state index in [4.69, 9.17) is 4.74 Å². The predicted molar refractivity (Wildman–Crippen MR) is 65.5 cm³/mol. The van der Waals surface area contributed by atoms with Crippen molar-refractivity contribution in [3.8, 4) is 0 Å². The Labute approximate surface area is 99.9 Å². The summed E-state index contributed by atoms with van der Waals surface area (Å²) in [4.78, 5) is 11.6. The van der Waals surface area contributed by atoms with Crippen LogP contribution in [0.3, 0.4) is 0 Å². The van der Waals surface area contributed by atoms with E-state index in [0.717, 1.165) is 17.3 Å². The Morgan fingerprint density at radius 1 is 1.50 bits per heavy atom. The van der Waals surface area contributed by atoms with E-state index in [9.17, 15) is 4.79 Å². The zero-order chi connectivity index (χ0) is 10.8. The number of ether oxygens (including phenoxy) is 1. The van der Waals surface area contributed by atoms with Crippen LogP contribution >= 0.6 is 22.6 Å². The summed E-state index contributed by atoms with van der Waals surface area (Å²) in [6.45, 7) is 7.16. The van der Waals surface area contributed by atoms with Crippen LogP contribution in [-0.2, 0) is 9.53 Å². The maximum Gasteiger partial charge on any atom is 0.309 e. The Morgan fingerprint density at radius 3 is 2.64 bits per heavy atom. The van der Waals surface area contributed by atoms with Gasteiger partial charge in [0.2, 0.25) is 0 Å². The molecule has 1 aliphatic heterocycles. The van der Waals surface area contributed by atoms with Crippen molar-refractivity contribution in [2.24, 2.45) is 17.3 Å². The molecule has 0 radical (unpaired) electrons. The van der Waals surface area contributed by atoms with E-state index in [1.165, 1.54) is 0 Å². The van der Waals surface area contributed by atoms with Crippen LogP contribution in [0.25, 0.3) is 0 Å². The van der Waals surface area contributed by atoms with Crippen LogP contribution in [0.5, 0.6) is 0 Å². The molecular formula is C11H19IO2. The molecular weight excluding hydrogens is 291 g/mol. The van der Waals surface area contributed by atoms with E-state index in [1.807, 2.05) is 0 Å². The quantitative estimate of drug-likeness (QED) is 0.445. The van der Waals surface area contributed by atoms with Crippen molar-refractivity contribution in [1.82, 2.24) is 0 Å². The summed E-state index contributed by atoms with van der Waals surface area (Å²) in [7, 11) is 0. The van der Waals surface area contributed by atoms with Crippen LogP contribution in [-0.4, -0.2) is 17.0 Å². The summed E-state index contributed by atoms with van der Waals surface area (Å²) in [6.07, 6.45) is 1.98. The zero-order valence-electron chi connectivity index (χ0n) is 9.18. The molecule has 0 N–H and O–H groups in total. The van der Waals surface area contributed by atoms with Crippen LogP contribution in [0.1, 0.15) is 33.6 Å². The highest BCUT2D eigenvalue weighted by Crippen LogP contribution is 2.34. The number of halogens is 1. The van der Waals surface area contributed by atoms with E-state index in [0.29, 0.717) is 12.5 Å². The zero-order valence-corrected chi connectivity index (χ0v) is 11.3. The summed E-state index contributed by atoms with van der Waals surface area (Å²) in [6, 6.07) is 0. The highest BCUT2D eigenvalue weighted by atomic mass is 127. The molecule has 0 aliphatic carbocycles. The largest absolute Gasteiger partial charge is 0.465 e. The van der Waals surface area contributed by atoms with Crippen LogP contribution in [0.4, 0.5) is 0 Å². The second kappa shape index (κ2) is 4.81. The molecule has 14 heavy (non-hydrogen) atoms. The lowest BCUT2D eigenvalue weighted by molar-refractivity contribution is -0.157. The van der Waals surface area contributed by atoms with Gasteiger partial charge in [-0.05, 0) is 24.2 Å². The number of alkyl halides is 1. The van der Waals surface area contributed by atoms with Gasteiger partial charge in [0.05, 0.1) is 12.5 Å². The minimum absolute atomic E-state index is 0.0211. The Kier molecular flexibility index (Phi) is 4.22. The second-order valence-electron chi connectivity index (χ2n) is 5.24. The predicted octanol–water partition coefficient (Wildman–Crippen LogP) is 3.04. The molecule has 1 saturated heterocycles. The van der Waals surface area contributed by atoms with E-state index in [-0.39, 0.29) is 17.3 Å². The molecule has 1 fully saturated rings. The van der Waals surface area contributed by atoms with Gasteiger partial charge in [-0.1, -0.05) is 43.4 Å². The van der Waals surface area contributed by atoms with Gasteiger partial charge >= 0.3 is 5.97 Å². The lowest BCUT2D eigenvalue weighted by Crippen LogP contribution is -2.35. The van der Waals surface area contributed by atoms with Gasteiger partial charge < -0.3 is 4.74 Å². The van der Waals surface area contributed by atoms with E-state index < -0.39 is 0 Å². The van der Waals surface area contributed by atoms with E-state index in [1.54, 1.807) is 0 Å². The highest BCUT2D eigenvalue weighted by Gasteiger charge is 2.35. The third kappa shape index (κ3) is 3.41. The summed E-state index contributed by atoms with van der Waals surface area (Å²) in [5, 5.41) is 0. The van der Waals surface area contributed by atoms with Crippen molar-refractivity contribution in [3.05, 3.63) is 0 Å². The van der Waals surface area contributed by atoms with Crippen molar-refractivity contribution in [2.45, 2.75) is 33.6 Å². The number of carbonyl (C=O) groups is 1. The molecule has 1 aliphatic rings. The molecule has 1 rings (SSSR count). The Balaban J connectivity index is 2.64. The Morgan fingerprint density at radius 2 is 2.14 bits per heavy atom. The Bertz CT molecular complexity index is 208. The third-order valence-corrected chi connectivity index (χ3v) is 3.77. The standard InChI is InChI=1S/C11H19IO2/c1-11(2,3)6-9-8(7-12)4-5-14-10(9)13/h8-9H,4-7H2,1-3H3/t8-,9+/m1/s1. The molecule has 0 spiro atoms. The molecule has 2 atom stereocenters. The molecule has 0 aromatic carbocycles. The van der Waals surface area contributed by atoms with Crippen molar-refractivity contribution in [2.75, 3.05) is 11.0 Å². The molecule has 0 saturated carbocycles. The summed E-state index contributed by atoms with van der Waals surface area (Å²) < 4.78 is 6.19. The lowest BCUT2D eigenvalue weighted by atomic mass is 9.77. The molecule has 3 heteroatoms. The van der Waals surface area contributed by atoms with Gasteiger partial charge in [0, 0.05) is 4.43 Å². The maximum absolute atomic E-state index is 11.6. The normalized spacial score (nSPS) is 28.7. The van der Waals surface area contributed by atoms with Crippen LogP contribution in [0, 0.1) is 17.3 Å². The Hall–Kier alpha value is 0.200. The van der Waals surface area contributed by atoms with Crippen LogP contribution in [0.15, 0.2) is 0 Å². The van der Waals surface area contributed by atoms with E-state index >= 15 is 0 Å². The van der Waals surface area contributed by atoms with Gasteiger partial charge in [-0.3, -0.25) is 4.79 Å². The van der Waals surface area contributed by atoms with Gasteiger partial charge in [0.15, 0.2) is 0 Å². The van der Waals surface area contributed by atoms with Gasteiger partial charge in [0.25, 0.3) is 0 Å².